The summed E-state index contributed by atoms with van der Waals surface area (Å²) in [6.45, 7) is 1.40. The average molecular weight is 289 g/mol. The molecule has 21 heavy (non-hydrogen) atoms. The summed E-state index contributed by atoms with van der Waals surface area (Å²) in [6, 6.07) is 12.6. The molecule has 2 aromatic rings. The lowest BCUT2D eigenvalue weighted by Crippen LogP contribution is -2.20. The molecule has 0 aromatic heterocycles. The van der Waals surface area contributed by atoms with Crippen molar-refractivity contribution in [2.75, 3.05) is 11.9 Å². The molecule has 0 aliphatic heterocycles. The normalized spacial score (nSPS) is 11.8. The first-order valence-corrected chi connectivity index (χ1v) is 6.51. The molecule has 0 saturated carbocycles. The van der Waals surface area contributed by atoms with Crippen LogP contribution in [0.3, 0.4) is 0 Å². The zero-order chi connectivity index (χ0) is 15.2. The van der Waals surface area contributed by atoms with Crippen molar-refractivity contribution >= 4 is 11.6 Å². The number of carbonyl (C=O) groups is 1. The van der Waals surface area contributed by atoms with E-state index >= 15 is 0 Å². The predicted molar refractivity (Wildman–Crippen MR) is 77.6 cm³/mol. The molecule has 0 aliphatic carbocycles. The molecule has 1 amide bonds. The number of hydrogen-bond donors (Lipinski definition) is 2. The van der Waals surface area contributed by atoms with Crippen molar-refractivity contribution < 1.29 is 19.0 Å². The van der Waals surface area contributed by atoms with Gasteiger partial charge in [0.2, 0.25) is 0 Å². The highest BCUT2D eigenvalue weighted by atomic mass is 19.1. The van der Waals surface area contributed by atoms with Crippen LogP contribution in [-0.4, -0.2) is 17.6 Å². The van der Waals surface area contributed by atoms with Crippen molar-refractivity contribution in [3.8, 4) is 5.75 Å². The Morgan fingerprint density at radius 2 is 2.05 bits per heavy atom. The van der Waals surface area contributed by atoms with E-state index in [-0.39, 0.29) is 6.61 Å². The minimum Gasteiger partial charge on any atom is -0.483 e. The minimum absolute atomic E-state index is 0.222. The summed E-state index contributed by atoms with van der Waals surface area (Å²) in [4.78, 5) is 11.8. The van der Waals surface area contributed by atoms with E-state index in [0.717, 1.165) is 0 Å². The van der Waals surface area contributed by atoms with Gasteiger partial charge >= 0.3 is 0 Å². The summed E-state index contributed by atoms with van der Waals surface area (Å²) in [5.41, 5.74) is 0.975. The van der Waals surface area contributed by atoms with E-state index in [1.165, 1.54) is 18.2 Å². The smallest absolute Gasteiger partial charge is 0.262 e. The average Bonchev–Trinajstić information content (AvgIpc) is 2.45. The third-order valence-corrected chi connectivity index (χ3v) is 2.84. The molecule has 5 heteroatoms. The van der Waals surface area contributed by atoms with Crippen LogP contribution in [0.2, 0.25) is 0 Å². The number of hydrogen-bond acceptors (Lipinski definition) is 3. The number of para-hydroxylation sites is 1. The monoisotopic (exact) mass is 289 g/mol. The fraction of sp³-hybridized carbons (Fsp3) is 0.188. The highest BCUT2D eigenvalue weighted by Gasteiger charge is 2.10. The highest BCUT2D eigenvalue weighted by molar-refractivity contribution is 5.91. The van der Waals surface area contributed by atoms with E-state index in [9.17, 15) is 14.3 Å². The molecule has 2 N–H and O–H groups in total. The Balaban J connectivity index is 1.95. The van der Waals surface area contributed by atoms with Crippen molar-refractivity contribution in [3.05, 3.63) is 59.9 Å². The molecule has 0 bridgehead atoms. The molecule has 2 rings (SSSR count). The largest absolute Gasteiger partial charge is 0.483 e. The zero-order valence-electron chi connectivity index (χ0n) is 11.5. The second-order valence-electron chi connectivity index (χ2n) is 4.56. The number of rotatable bonds is 5. The van der Waals surface area contributed by atoms with E-state index in [2.05, 4.69) is 5.32 Å². The summed E-state index contributed by atoms with van der Waals surface area (Å²) in [5, 5.41) is 12.1. The van der Waals surface area contributed by atoms with Crippen molar-refractivity contribution in [1.29, 1.82) is 0 Å². The molecule has 0 unspecified atom stereocenters. The molecule has 0 saturated heterocycles. The Morgan fingerprint density at radius 1 is 1.29 bits per heavy atom. The lowest BCUT2D eigenvalue weighted by Gasteiger charge is -2.13. The Morgan fingerprint density at radius 3 is 2.76 bits per heavy atom. The van der Waals surface area contributed by atoms with Crippen LogP contribution in [0, 0.1) is 5.82 Å². The summed E-state index contributed by atoms with van der Waals surface area (Å²) in [7, 11) is 0. The number of carbonyl (C=O) groups excluding carboxylic acids is 1. The number of amides is 1. The van der Waals surface area contributed by atoms with Crippen molar-refractivity contribution in [2.24, 2.45) is 0 Å². The molecule has 2 aromatic carbocycles. The fourth-order valence-corrected chi connectivity index (χ4v) is 1.86. The number of benzene rings is 2. The fourth-order valence-electron chi connectivity index (χ4n) is 1.86. The maximum Gasteiger partial charge on any atom is 0.262 e. The molecule has 0 heterocycles. The molecule has 1 atom stereocenters. The second kappa shape index (κ2) is 6.85. The number of ether oxygens (including phenoxy) is 1. The molecule has 0 aliphatic rings. The SMILES string of the molecule is C[C@H](O)c1ccccc1OCC(=O)Nc1cccc(F)c1. The zero-order valence-corrected chi connectivity index (χ0v) is 11.5. The van der Waals surface area contributed by atoms with Crippen LogP contribution in [0.15, 0.2) is 48.5 Å². The van der Waals surface area contributed by atoms with E-state index in [1.54, 1.807) is 37.3 Å². The standard InChI is InChI=1S/C16H16FNO3/c1-11(19)14-7-2-3-8-15(14)21-10-16(20)18-13-6-4-5-12(17)9-13/h2-9,11,19H,10H2,1H3,(H,18,20)/t11-/m0/s1. The van der Waals surface area contributed by atoms with Gasteiger partial charge in [-0.25, -0.2) is 4.39 Å². The number of nitrogens with one attached hydrogen (secondary N) is 1. The van der Waals surface area contributed by atoms with Gasteiger partial charge < -0.3 is 15.2 Å². The first-order chi connectivity index (χ1) is 10.1. The first kappa shape index (κ1) is 15.0. The van der Waals surface area contributed by atoms with E-state index in [1.807, 2.05) is 0 Å². The Labute approximate surface area is 122 Å². The van der Waals surface area contributed by atoms with Crippen LogP contribution in [0.25, 0.3) is 0 Å². The van der Waals surface area contributed by atoms with Gasteiger partial charge in [0.25, 0.3) is 5.91 Å². The number of halogens is 1. The molecule has 0 spiro atoms. The second-order valence-corrected chi connectivity index (χ2v) is 4.56. The third kappa shape index (κ3) is 4.29. The maximum absolute atomic E-state index is 13.0. The van der Waals surface area contributed by atoms with Gasteiger partial charge in [0.1, 0.15) is 11.6 Å². The lowest BCUT2D eigenvalue weighted by atomic mass is 10.1. The minimum atomic E-state index is -0.688. The van der Waals surface area contributed by atoms with Crippen LogP contribution in [0.4, 0.5) is 10.1 Å². The quantitative estimate of drug-likeness (QED) is 0.889. The molecule has 0 fully saturated rings. The highest BCUT2D eigenvalue weighted by Crippen LogP contribution is 2.24. The summed E-state index contributed by atoms with van der Waals surface area (Å²) >= 11 is 0. The van der Waals surface area contributed by atoms with E-state index in [4.69, 9.17) is 4.74 Å². The number of aliphatic hydroxyl groups is 1. The van der Waals surface area contributed by atoms with Gasteiger partial charge in [-0.15, -0.1) is 0 Å². The Hall–Kier alpha value is -2.40. The maximum atomic E-state index is 13.0. The number of anilines is 1. The Bertz CT molecular complexity index is 628. The first-order valence-electron chi connectivity index (χ1n) is 6.51. The molecular formula is C16H16FNO3. The van der Waals surface area contributed by atoms with Gasteiger partial charge in [-0.1, -0.05) is 24.3 Å². The van der Waals surface area contributed by atoms with Crippen LogP contribution in [-0.2, 0) is 4.79 Å². The van der Waals surface area contributed by atoms with Crippen molar-refractivity contribution in [2.45, 2.75) is 13.0 Å². The summed E-state index contributed by atoms with van der Waals surface area (Å²) in [6.07, 6.45) is -0.688. The van der Waals surface area contributed by atoms with Crippen LogP contribution >= 0.6 is 0 Å². The van der Waals surface area contributed by atoms with Gasteiger partial charge in [-0.05, 0) is 31.2 Å². The summed E-state index contributed by atoms with van der Waals surface area (Å²) < 4.78 is 18.4. The lowest BCUT2D eigenvalue weighted by molar-refractivity contribution is -0.118. The summed E-state index contributed by atoms with van der Waals surface area (Å²) in [5.74, 6) is -0.379. The van der Waals surface area contributed by atoms with Crippen molar-refractivity contribution in [3.63, 3.8) is 0 Å². The van der Waals surface area contributed by atoms with Crippen molar-refractivity contribution in [1.82, 2.24) is 0 Å². The predicted octanol–water partition coefficient (Wildman–Crippen LogP) is 2.90. The van der Waals surface area contributed by atoms with Gasteiger partial charge in [-0.3, -0.25) is 4.79 Å². The Kier molecular flexibility index (Phi) is 4.90. The van der Waals surface area contributed by atoms with Gasteiger partial charge in [-0.2, -0.15) is 0 Å². The molecule has 110 valence electrons. The third-order valence-electron chi connectivity index (χ3n) is 2.84. The molecular weight excluding hydrogens is 273 g/mol. The topological polar surface area (TPSA) is 58.6 Å². The van der Waals surface area contributed by atoms with Gasteiger partial charge in [0.05, 0.1) is 6.10 Å². The molecule has 4 nitrogen and oxygen atoms in total. The van der Waals surface area contributed by atoms with Gasteiger partial charge in [0, 0.05) is 11.3 Å². The van der Waals surface area contributed by atoms with E-state index in [0.29, 0.717) is 17.0 Å². The molecule has 0 radical (unpaired) electrons. The van der Waals surface area contributed by atoms with Crippen LogP contribution in [0.5, 0.6) is 5.75 Å². The van der Waals surface area contributed by atoms with E-state index < -0.39 is 17.8 Å². The van der Waals surface area contributed by atoms with Gasteiger partial charge in [0.15, 0.2) is 6.61 Å². The number of aliphatic hydroxyl groups excluding tert-OH is 1. The van der Waals surface area contributed by atoms with Crippen LogP contribution < -0.4 is 10.1 Å². The van der Waals surface area contributed by atoms with Crippen LogP contribution in [0.1, 0.15) is 18.6 Å².